The number of hydrogen-bond acceptors (Lipinski definition) is 4. The van der Waals surface area contributed by atoms with E-state index in [0.29, 0.717) is 19.6 Å². The Labute approximate surface area is 123 Å². The molecule has 1 aliphatic carbocycles. The molecule has 3 rings (SSSR count). The van der Waals surface area contributed by atoms with E-state index in [1.807, 2.05) is 11.0 Å². The number of hydrogen-bond donors (Lipinski definition) is 2. The molecule has 2 fully saturated rings. The van der Waals surface area contributed by atoms with Crippen LogP contribution in [0.2, 0.25) is 0 Å². The normalized spacial score (nSPS) is 28.5. The molecule has 2 atom stereocenters. The van der Waals surface area contributed by atoms with E-state index in [9.17, 15) is 9.59 Å². The largest absolute Gasteiger partial charge is 0.480 e. The summed E-state index contributed by atoms with van der Waals surface area (Å²) in [4.78, 5) is 25.2. The van der Waals surface area contributed by atoms with E-state index in [4.69, 9.17) is 9.52 Å². The highest BCUT2D eigenvalue weighted by molar-refractivity contribution is 5.80. The quantitative estimate of drug-likeness (QED) is 0.844. The molecule has 2 heterocycles. The number of carbonyl (C=O) groups is 2. The molecule has 0 radical (unpaired) electrons. The van der Waals surface area contributed by atoms with E-state index in [1.165, 1.54) is 0 Å². The van der Waals surface area contributed by atoms with Crippen LogP contribution in [0.5, 0.6) is 0 Å². The number of nitrogens with zero attached hydrogens (tertiary/aromatic N) is 1. The summed E-state index contributed by atoms with van der Waals surface area (Å²) in [5.41, 5.74) is 0. The molecule has 1 saturated heterocycles. The number of carboxylic acids is 1. The van der Waals surface area contributed by atoms with Gasteiger partial charge in [-0.05, 0) is 36.8 Å². The Morgan fingerprint density at radius 1 is 1.33 bits per heavy atom. The topological polar surface area (TPSA) is 82.8 Å². The third-order valence-corrected chi connectivity index (χ3v) is 4.59. The van der Waals surface area contributed by atoms with Gasteiger partial charge in [0.25, 0.3) is 0 Å². The third-order valence-electron chi connectivity index (χ3n) is 4.59. The highest BCUT2D eigenvalue weighted by atomic mass is 16.4. The number of carboxylic acid groups (broad SMARTS) is 1. The van der Waals surface area contributed by atoms with Crippen molar-refractivity contribution in [3.05, 3.63) is 24.2 Å². The van der Waals surface area contributed by atoms with Crippen molar-refractivity contribution in [2.75, 3.05) is 19.6 Å². The summed E-state index contributed by atoms with van der Waals surface area (Å²) in [7, 11) is 0. The Morgan fingerprint density at radius 3 is 2.62 bits per heavy atom. The monoisotopic (exact) mass is 292 g/mol. The SMILES string of the molecule is O=C(O)CN1CC2CCC(C1)C2C(=O)NCc1ccco1. The number of aliphatic carboxylic acids is 1. The number of likely N-dealkylation sites (tertiary alicyclic amines) is 1. The fourth-order valence-electron chi connectivity index (χ4n) is 3.77. The van der Waals surface area contributed by atoms with E-state index in [1.54, 1.807) is 12.3 Å². The standard InChI is InChI=1S/C15H20N2O4/c18-13(19)9-17-7-10-3-4-11(8-17)14(10)15(20)16-6-12-2-1-5-21-12/h1-2,5,10-11,14H,3-4,6-9H2,(H,16,20)(H,18,19). The van der Waals surface area contributed by atoms with Crippen LogP contribution in [0.25, 0.3) is 0 Å². The molecule has 1 saturated carbocycles. The van der Waals surface area contributed by atoms with Gasteiger partial charge in [0.15, 0.2) is 0 Å². The first-order valence-corrected chi connectivity index (χ1v) is 7.37. The number of carbonyl (C=O) groups excluding carboxylic acids is 1. The molecule has 1 aromatic heterocycles. The van der Waals surface area contributed by atoms with Crippen molar-refractivity contribution >= 4 is 11.9 Å². The lowest BCUT2D eigenvalue weighted by atomic mass is 9.84. The van der Waals surface area contributed by atoms with Crippen molar-refractivity contribution in [3.63, 3.8) is 0 Å². The van der Waals surface area contributed by atoms with Gasteiger partial charge in [-0.1, -0.05) is 0 Å². The first-order valence-electron chi connectivity index (χ1n) is 7.37. The van der Waals surface area contributed by atoms with Crippen molar-refractivity contribution in [3.8, 4) is 0 Å². The molecule has 6 heteroatoms. The third kappa shape index (κ3) is 3.10. The number of piperidine rings is 1. The average molecular weight is 292 g/mol. The fraction of sp³-hybridized carbons (Fsp3) is 0.600. The second kappa shape index (κ2) is 5.89. The predicted octanol–water partition coefficient (Wildman–Crippen LogP) is 0.938. The number of fused-ring (bicyclic) bond motifs is 2. The van der Waals surface area contributed by atoms with Gasteiger partial charge < -0.3 is 14.8 Å². The number of furan rings is 1. The van der Waals surface area contributed by atoms with Crippen LogP contribution in [0, 0.1) is 17.8 Å². The molecule has 21 heavy (non-hydrogen) atoms. The first kappa shape index (κ1) is 14.1. The minimum Gasteiger partial charge on any atom is -0.480 e. The number of amides is 1. The lowest BCUT2D eigenvalue weighted by Crippen LogP contribution is -2.49. The zero-order chi connectivity index (χ0) is 14.8. The number of nitrogens with one attached hydrogen (secondary N) is 1. The predicted molar refractivity (Wildman–Crippen MR) is 74.3 cm³/mol. The van der Waals surface area contributed by atoms with E-state index in [-0.39, 0.29) is 30.2 Å². The average Bonchev–Trinajstić information content (AvgIpc) is 3.02. The summed E-state index contributed by atoms with van der Waals surface area (Å²) in [5.74, 6) is 0.604. The molecule has 0 aromatic carbocycles. The lowest BCUT2D eigenvalue weighted by molar-refractivity contribution is -0.139. The second-order valence-corrected chi connectivity index (χ2v) is 6.01. The lowest BCUT2D eigenvalue weighted by Gasteiger charge is -2.36. The summed E-state index contributed by atoms with van der Waals surface area (Å²) < 4.78 is 5.21. The minimum absolute atomic E-state index is 0.0185. The number of rotatable bonds is 5. The van der Waals surface area contributed by atoms with E-state index in [0.717, 1.165) is 18.6 Å². The Kier molecular flexibility index (Phi) is 3.96. The Morgan fingerprint density at radius 2 is 2.05 bits per heavy atom. The van der Waals surface area contributed by atoms with E-state index in [2.05, 4.69) is 5.32 Å². The zero-order valence-electron chi connectivity index (χ0n) is 11.8. The molecule has 2 bridgehead atoms. The molecule has 114 valence electrons. The van der Waals surface area contributed by atoms with Crippen molar-refractivity contribution < 1.29 is 19.1 Å². The molecule has 0 spiro atoms. The van der Waals surface area contributed by atoms with Crippen LogP contribution in [-0.2, 0) is 16.1 Å². The van der Waals surface area contributed by atoms with Crippen molar-refractivity contribution in [2.45, 2.75) is 19.4 Å². The second-order valence-electron chi connectivity index (χ2n) is 6.01. The van der Waals surface area contributed by atoms with Crippen LogP contribution in [0.3, 0.4) is 0 Å². The van der Waals surface area contributed by atoms with E-state index < -0.39 is 5.97 Å². The zero-order valence-corrected chi connectivity index (χ0v) is 11.8. The molecule has 2 N–H and O–H groups in total. The maximum Gasteiger partial charge on any atom is 0.317 e. The maximum atomic E-state index is 12.4. The summed E-state index contributed by atoms with van der Waals surface area (Å²) in [6, 6.07) is 3.64. The molecule has 1 amide bonds. The van der Waals surface area contributed by atoms with Gasteiger partial charge in [-0.15, -0.1) is 0 Å². The van der Waals surface area contributed by atoms with Crippen LogP contribution < -0.4 is 5.32 Å². The van der Waals surface area contributed by atoms with Crippen molar-refractivity contribution in [1.82, 2.24) is 10.2 Å². The van der Waals surface area contributed by atoms with Crippen LogP contribution in [0.4, 0.5) is 0 Å². The van der Waals surface area contributed by atoms with Gasteiger partial charge in [-0.2, -0.15) is 0 Å². The van der Waals surface area contributed by atoms with E-state index >= 15 is 0 Å². The van der Waals surface area contributed by atoms with Gasteiger partial charge in [-0.25, -0.2) is 0 Å². The van der Waals surface area contributed by atoms with Crippen LogP contribution in [0.1, 0.15) is 18.6 Å². The van der Waals surface area contributed by atoms with Crippen molar-refractivity contribution in [1.29, 1.82) is 0 Å². The molecular formula is C15H20N2O4. The summed E-state index contributed by atoms with van der Waals surface area (Å²) in [6.45, 7) is 1.91. The van der Waals surface area contributed by atoms with Crippen LogP contribution >= 0.6 is 0 Å². The molecule has 1 aliphatic heterocycles. The molecule has 1 aromatic rings. The fourth-order valence-corrected chi connectivity index (χ4v) is 3.77. The van der Waals surface area contributed by atoms with Gasteiger partial charge in [0.2, 0.25) is 5.91 Å². The van der Waals surface area contributed by atoms with Gasteiger partial charge in [-0.3, -0.25) is 14.5 Å². The summed E-state index contributed by atoms with van der Waals surface area (Å²) in [5, 5.41) is 11.8. The Bertz CT molecular complexity index is 500. The van der Waals surface area contributed by atoms with Crippen LogP contribution in [0.15, 0.2) is 22.8 Å². The Hall–Kier alpha value is -1.82. The highest BCUT2D eigenvalue weighted by Gasteiger charge is 2.45. The highest BCUT2D eigenvalue weighted by Crippen LogP contribution is 2.41. The minimum atomic E-state index is -0.796. The first-order chi connectivity index (χ1) is 10.1. The van der Waals surface area contributed by atoms with Gasteiger partial charge in [0.1, 0.15) is 5.76 Å². The smallest absolute Gasteiger partial charge is 0.317 e. The van der Waals surface area contributed by atoms with Gasteiger partial charge >= 0.3 is 5.97 Å². The molecule has 6 nitrogen and oxygen atoms in total. The van der Waals surface area contributed by atoms with Crippen LogP contribution in [-0.4, -0.2) is 41.5 Å². The maximum absolute atomic E-state index is 12.4. The van der Waals surface area contributed by atoms with Crippen molar-refractivity contribution in [2.24, 2.45) is 17.8 Å². The van der Waals surface area contributed by atoms with Gasteiger partial charge in [0, 0.05) is 19.0 Å². The summed E-state index contributed by atoms with van der Waals surface area (Å²) in [6.07, 6.45) is 3.62. The summed E-state index contributed by atoms with van der Waals surface area (Å²) >= 11 is 0. The Balaban J connectivity index is 1.57. The molecule has 2 unspecified atom stereocenters. The molecule has 2 aliphatic rings. The molecular weight excluding hydrogens is 272 g/mol. The van der Waals surface area contributed by atoms with Gasteiger partial charge in [0.05, 0.1) is 19.4 Å².